The van der Waals surface area contributed by atoms with Gasteiger partial charge >= 0.3 is 11.9 Å². The highest BCUT2D eigenvalue weighted by atomic mass is 16.4. The highest BCUT2D eigenvalue weighted by molar-refractivity contribution is 5.93. The van der Waals surface area contributed by atoms with Crippen LogP contribution in [0.1, 0.15) is 21.6 Å². The van der Waals surface area contributed by atoms with Gasteiger partial charge in [-0.25, -0.2) is 9.48 Å². The zero-order valence-corrected chi connectivity index (χ0v) is 11.0. The molecule has 0 fully saturated rings. The summed E-state index contributed by atoms with van der Waals surface area (Å²) in [6.45, 7) is 3.39. The summed E-state index contributed by atoms with van der Waals surface area (Å²) < 4.78 is 1.08. The number of benzene rings is 1. The fraction of sp³-hybridized carbons (Fsp3) is 0.231. The molecule has 7 nitrogen and oxygen atoms in total. The Kier molecular flexibility index (Phi) is 3.51. The molecule has 0 aliphatic carbocycles. The summed E-state index contributed by atoms with van der Waals surface area (Å²) in [5, 5.41) is 25.1. The first kappa shape index (κ1) is 13.7. The lowest BCUT2D eigenvalue weighted by atomic mass is 10.0. The Morgan fingerprint density at radius 1 is 1.20 bits per heavy atom. The lowest BCUT2D eigenvalue weighted by molar-refractivity contribution is -0.137. The van der Waals surface area contributed by atoms with Crippen LogP contribution in [0.5, 0.6) is 0 Å². The number of aromatic nitrogens is 3. The SMILES string of the molecule is Cc1ccc(-c2c(C(=O)O)nnn2CC(=O)O)cc1C. The molecule has 2 N–H and O–H groups in total. The van der Waals surface area contributed by atoms with Gasteiger partial charge in [-0.05, 0) is 31.0 Å². The largest absolute Gasteiger partial charge is 0.480 e. The van der Waals surface area contributed by atoms with Crippen molar-refractivity contribution >= 4 is 11.9 Å². The second-order valence-electron chi connectivity index (χ2n) is 4.44. The smallest absolute Gasteiger partial charge is 0.358 e. The van der Waals surface area contributed by atoms with Gasteiger partial charge in [0.25, 0.3) is 0 Å². The van der Waals surface area contributed by atoms with Gasteiger partial charge in [-0.15, -0.1) is 5.10 Å². The van der Waals surface area contributed by atoms with E-state index in [9.17, 15) is 9.59 Å². The first-order chi connectivity index (χ1) is 9.40. The van der Waals surface area contributed by atoms with Gasteiger partial charge in [-0.3, -0.25) is 4.79 Å². The number of carboxylic acid groups (broad SMARTS) is 2. The summed E-state index contributed by atoms with van der Waals surface area (Å²) in [4.78, 5) is 22.0. The summed E-state index contributed by atoms with van der Waals surface area (Å²) in [5.41, 5.74) is 2.55. The normalized spacial score (nSPS) is 10.5. The first-order valence-corrected chi connectivity index (χ1v) is 5.86. The summed E-state index contributed by atoms with van der Waals surface area (Å²) >= 11 is 0. The molecule has 1 heterocycles. The third kappa shape index (κ3) is 2.51. The average molecular weight is 275 g/mol. The first-order valence-electron chi connectivity index (χ1n) is 5.86. The minimum absolute atomic E-state index is 0.197. The lowest BCUT2D eigenvalue weighted by Crippen LogP contribution is -2.12. The van der Waals surface area contributed by atoms with Crippen molar-refractivity contribution in [2.75, 3.05) is 0 Å². The minimum atomic E-state index is -1.24. The van der Waals surface area contributed by atoms with Gasteiger partial charge in [-0.2, -0.15) is 0 Å². The van der Waals surface area contributed by atoms with Crippen molar-refractivity contribution in [1.29, 1.82) is 0 Å². The van der Waals surface area contributed by atoms with Gasteiger partial charge in [-0.1, -0.05) is 17.3 Å². The topological polar surface area (TPSA) is 105 Å². The van der Waals surface area contributed by atoms with Crippen LogP contribution in [0.25, 0.3) is 11.3 Å². The number of carbonyl (C=O) groups is 2. The number of aliphatic carboxylic acids is 1. The molecule has 1 aromatic heterocycles. The van der Waals surface area contributed by atoms with E-state index in [0.717, 1.165) is 15.8 Å². The lowest BCUT2D eigenvalue weighted by Gasteiger charge is -2.07. The summed E-state index contributed by atoms with van der Waals surface area (Å²) in [5.74, 6) is -2.35. The zero-order chi connectivity index (χ0) is 14.9. The molecular weight excluding hydrogens is 262 g/mol. The van der Waals surface area contributed by atoms with Crippen LogP contribution in [-0.4, -0.2) is 37.1 Å². The molecule has 0 unspecified atom stereocenters. The highest BCUT2D eigenvalue weighted by Crippen LogP contribution is 2.24. The zero-order valence-electron chi connectivity index (χ0n) is 11.0. The van der Waals surface area contributed by atoms with Crippen LogP contribution in [0, 0.1) is 13.8 Å². The number of rotatable bonds is 4. The number of carboxylic acids is 2. The number of nitrogens with zero attached hydrogens (tertiary/aromatic N) is 3. The average Bonchev–Trinajstić information content (AvgIpc) is 2.75. The van der Waals surface area contributed by atoms with Crippen molar-refractivity contribution in [3.8, 4) is 11.3 Å². The standard InChI is InChI=1S/C13H13N3O4/c1-7-3-4-9(5-8(7)2)12-11(13(19)20)14-15-16(12)6-10(17)18/h3-5H,6H2,1-2H3,(H,17,18)(H,19,20). The predicted octanol–water partition coefficient (Wildman–Crippen LogP) is 1.34. The number of aromatic carboxylic acids is 1. The Morgan fingerprint density at radius 2 is 1.90 bits per heavy atom. The second-order valence-corrected chi connectivity index (χ2v) is 4.44. The van der Waals surface area contributed by atoms with E-state index in [1.165, 1.54) is 0 Å². The van der Waals surface area contributed by atoms with Gasteiger partial charge in [0.2, 0.25) is 0 Å². The van der Waals surface area contributed by atoms with Gasteiger partial charge in [0.1, 0.15) is 12.2 Å². The van der Waals surface area contributed by atoms with E-state index < -0.39 is 18.5 Å². The number of aryl methyl sites for hydroxylation is 2. The van der Waals surface area contributed by atoms with Crippen molar-refractivity contribution in [3.63, 3.8) is 0 Å². The van der Waals surface area contributed by atoms with Crippen molar-refractivity contribution in [1.82, 2.24) is 15.0 Å². The maximum absolute atomic E-state index is 11.2. The van der Waals surface area contributed by atoms with Crippen molar-refractivity contribution < 1.29 is 19.8 Å². The van der Waals surface area contributed by atoms with Crippen LogP contribution in [0.3, 0.4) is 0 Å². The Labute approximate surface area is 114 Å². The molecular formula is C13H13N3O4. The predicted molar refractivity (Wildman–Crippen MR) is 69.5 cm³/mol. The van der Waals surface area contributed by atoms with E-state index >= 15 is 0 Å². The number of hydrogen-bond donors (Lipinski definition) is 2. The molecule has 2 aromatic rings. The highest BCUT2D eigenvalue weighted by Gasteiger charge is 2.21. The van der Waals surface area contributed by atoms with Crippen molar-refractivity contribution in [3.05, 3.63) is 35.0 Å². The van der Waals surface area contributed by atoms with Crippen LogP contribution in [0.4, 0.5) is 0 Å². The van der Waals surface area contributed by atoms with Crippen LogP contribution in [0.15, 0.2) is 18.2 Å². The molecule has 0 atom stereocenters. The van der Waals surface area contributed by atoms with E-state index in [4.69, 9.17) is 10.2 Å². The molecule has 1 aromatic carbocycles. The van der Waals surface area contributed by atoms with E-state index in [1.54, 1.807) is 12.1 Å². The van der Waals surface area contributed by atoms with E-state index in [2.05, 4.69) is 10.3 Å². The molecule has 7 heteroatoms. The molecule has 20 heavy (non-hydrogen) atoms. The van der Waals surface area contributed by atoms with Gasteiger partial charge in [0, 0.05) is 5.56 Å². The Bertz CT molecular complexity index is 691. The fourth-order valence-corrected chi connectivity index (χ4v) is 1.87. The molecule has 2 rings (SSSR count). The maximum atomic E-state index is 11.2. The van der Waals surface area contributed by atoms with E-state index in [-0.39, 0.29) is 11.4 Å². The molecule has 0 saturated heterocycles. The molecule has 0 saturated carbocycles. The molecule has 0 radical (unpaired) electrons. The molecule has 0 bridgehead atoms. The van der Waals surface area contributed by atoms with Gasteiger partial charge in [0.15, 0.2) is 5.69 Å². The monoisotopic (exact) mass is 275 g/mol. The molecule has 0 aliphatic rings. The quantitative estimate of drug-likeness (QED) is 0.872. The fourth-order valence-electron chi connectivity index (χ4n) is 1.87. The van der Waals surface area contributed by atoms with Crippen LogP contribution < -0.4 is 0 Å². The third-order valence-electron chi connectivity index (χ3n) is 3.00. The Hall–Kier alpha value is -2.70. The summed E-state index contributed by atoms with van der Waals surface area (Å²) in [6, 6.07) is 5.36. The summed E-state index contributed by atoms with van der Waals surface area (Å²) in [7, 11) is 0. The van der Waals surface area contributed by atoms with Crippen LogP contribution in [-0.2, 0) is 11.3 Å². The third-order valence-corrected chi connectivity index (χ3v) is 3.00. The van der Waals surface area contributed by atoms with Gasteiger partial charge in [0.05, 0.1) is 0 Å². The Balaban J connectivity index is 2.62. The minimum Gasteiger partial charge on any atom is -0.480 e. The second kappa shape index (κ2) is 5.12. The van der Waals surface area contributed by atoms with Crippen molar-refractivity contribution in [2.24, 2.45) is 0 Å². The van der Waals surface area contributed by atoms with Crippen LogP contribution >= 0.6 is 0 Å². The molecule has 104 valence electrons. The van der Waals surface area contributed by atoms with Gasteiger partial charge < -0.3 is 10.2 Å². The van der Waals surface area contributed by atoms with Crippen LogP contribution in [0.2, 0.25) is 0 Å². The number of hydrogen-bond acceptors (Lipinski definition) is 4. The molecule has 0 spiro atoms. The van der Waals surface area contributed by atoms with E-state index in [1.807, 2.05) is 19.9 Å². The van der Waals surface area contributed by atoms with E-state index in [0.29, 0.717) is 5.56 Å². The summed E-state index contributed by atoms with van der Waals surface area (Å²) in [6.07, 6.45) is 0. The maximum Gasteiger partial charge on any atom is 0.358 e. The molecule has 0 amide bonds. The van der Waals surface area contributed by atoms with Crippen molar-refractivity contribution in [2.45, 2.75) is 20.4 Å². The molecule has 0 aliphatic heterocycles. The Morgan fingerprint density at radius 3 is 2.45 bits per heavy atom.